The molecule has 0 saturated heterocycles. The van der Waals surface area contributed by atoms with Gasteiger partial charge in [0, 0.05) is 0 Å². The van der Waals surface area contributed by atoms with E-state index in [1.807, 2.05) is 18.2 Å². The van der Waals surface area contributed by atoms with Gasteiger partial charge in [0.05, 0.1) is 0 Å². The molecule has 0 aliphatic rings. The number of carboxylic acids is 1. The monoisotopic (exact) mass is 250 g/mol. The molecule has 0 radical (unpaired) electrons. The van der Waals surface area contributed by atoms with Crippen LogP contribution in [-0.2, 0) is 0 Å². The third kappa shape index (κ3) is 3.74. The molecule has 0 fully saturated rings. The van der Waals surface area contributed by atoms with Crippen LogP contribution < -0.4 is 0 Å². The minimum Gasteiger partial charge on any atom is -0.507 e. The highest BCUT2D eigenvalue weighted by molar-refractivity contribution is 6.30. The summed E-state index contributed by atoms with van der Waals surface area (Å²) in [5.74, 6) is -1.32. The molecule has 0 aliphatic heterocycles. The fourth-order valence-electron chi connectivity index (χ4n) is 1.40. The second-order valence-electron chi connectivity index (χ2n) is 3.37. The Labute approximate surface area is 103 Å². The molecule has 0 unspecified atom stereocenters. The van der Waals surface area contributed by atoms with Crippen molar-refractivity contribution in [1.82, 2.24) is 0 Å². The average molecular weight is 250 g/mol. The van der Waals surface area contributed by atoms with Crippen LogP contribution in [0.2, 0.25) is 0 Å². The van der Waals surface area contributed by atoms with Crippen molar-refractivity contribution in [3.8, 4) is 5.75 Å². The topological polar surface area (TPSA) is 118 Å². The molecule has 0 saturated carbocycles. The van der Waals surface area contributed by atoms with Gasteiger partial charge in [0.25, 0.3) is 0 Å². The van der Waals surface area contributed by atoms with Gasteiger partial charge in [-0.15, -0.1) is 0 Å². The Morgan fingerprint density at radius 1 is 1.00 bits per heavy atom. The second kappa shape index (κ2) is 6.01. The summed E-state index contributed by atoms with van der Waals surface area (Å²) in [5, 5.41) is 41.3. The zero-order valence-electron chi connectivity index (χ0n) is 9.19. The van der Waals surface area contributed by atoms with E-state index in [-0.39, 0.29) is 11.3 Å². The van der Waals surface area contributed by atoms with E-state index in [1.165, 1.54) is 12.1 Å². The number of aromatic carboxylic acids is 1. The van der Waals surface area contributed by atoms with Crippen molar-refractivity contribution >= 4 is 24.1 Å². The molecule has 0 aliphatic carbocycles. The summed E-state index contributed by atoms with van der Waals surface area (Å²) in [6.07, 6.45) is 0. The van der Waals surface area contributed by atoms with E-state index in [9.17, 15) is 9.90 Å². The van der Waals surface area contributed by atoms with Gasteiger partial charge >= 0.3 is 13.3 Å². The molecule has 0 amide bonds. The number of carbonyl (C=O) groups is 1. The molecule has 0 aromatic heterocycles. The Balaban J connectivity index is 0.000000357. The first kappa shape index (κ1) is 14.0. The van der Waals surface area contributed by atoms with Crippen LogP contribution in [0.3, 0.4) is 0 Å². The predicted molar refractivity (Wildman–Crippen MR) is 65.0 cm³/mol. The van der Waals surface area contributed by atoms with Gasteiger partial charge in [-0.2, -0.15) is 0 Å². The maximum atomic E-state index is 10.7. The van der Waals surface area contributed by atoms with Crippen molar-refractivity contribution in [3.63, 3.8) is 0 Å². The molecule has 94 valence electrons. The number of fused-ring (bicyclic) bond motifs is 1. The number of hydrogen-bond donors (Lipinski definition) is 5. The van der Waals surface area contributed by atoms with E-state index >= 15 is 0 Å². The molecule has 0 spiro atoms. The van der Waals surface area contributed by atoms with Crippen molar-refractivity contribution in [2.45, 2.75) is 0 Å². The first-order chi connectivity index (χ1) is 8.41. The Kier molecular flexibility index (Phi) is 4.67. The smallest absolute Gasteiger partial charge is 0.507 e. The van der Waals surface area contributed by atoms with E-state index in [0.29, 0.717) is 0 Å². The van der Waals surface area contributed by atoms with E-state index in [4.69, 9.17) is 20.2 Å². The lowest BCUT2D eigenvalue weighted by Crippen LogP contribution is -2.07. The highest BCUT2D eigenvalue weighted by Crippen LogP contribution is 2.24. The minimum atomic E-state index is -2.17. The van der Waals surface area contributed by atoms with E-state index < -0.39 is 13.3 Å². The van der Waals surface area contributed by atoms with Gasteiger partial charge in [0.2, 0.25) is 0 Å². The molecule has 5 N–H and O–H groups in total. The third-order valence-electron chi connectivity index (χ3n) is 2.09. The van der Waals surface area contributed by atoms with Gasteiger partial charge in [-0.25, -0.2) is 4.79 Å². The van der Waals surface area contributed by atoms with Crippen molar-refractivity contribution < 1.29 is 30.1 Å². The number of rotatable bonds is 1. The normalized spacial score (nSPS) is 9.50. The van der Waals surface area contributed by atoms with Gasteiger partial charge in [-0.05, 0) is 22.9 Å². The fourth-order valence-corrected chi connectivity index (χ4v) is 1.40. The number of benzene rings is 2. The minimum absolute atomic E-state index is 0.0660. The molecule has 0 atom stereocenters. The van der Waals surface area contributed by atoms with E-state index in [1.54, 1.807) is 6.07 Å². The molecule has 0 heterocycles. The summed E-state index contributed by atoms with van der Waals surface area (Å²) in [4.78, 5) is 10.7. The zero-order chi connectivity index (χ0) is 13.7. The number of hydrogen-bond acceptors (Lipinski definition) is 5. The second-order valence-corrected chi connectivity index (χ2v) is 3.37. The quantitative estimate of drug-likeness (QED) is 0.461. The SMILES string of the molecule is O=C(O)c1cc2ccccc2cc1O.OB(O)O. The maximum Gasteiger partial charge on any atom is 0.631 e. The summed E-state index contributed by atoms with van der Waals surface area (Å²) in [6, 6.07) is 10.2. The number of aromatic hydroxyl groups is 1. The molecule has 6 nitrogen and oxygen atoms in total. The van der Waals surface area contributed by atoms with Crippen LogP contribution in [-0.4, -0.2) is 38.6 Å². The molecule has 2 aromatic carbocycles. The van der Waals surface area contributed by atoms with Crippen molar-refractivity contribution in [3.05, 3.63) is 42.0 Å². The van der Waals surface area contributed by atoms with Crippen molar-refractivity contribution in [1.29, 1.82) is 0 Å². The van der Waals surface area contributed by atoms with Crippen molar-refractivity contribution in [2.75, 3.05) is 0 Å². The fraction of sp³-hybridized carbons (Fsp3) is 0. The Hall–Kier alpha value is -2.09. The van der Waals surface area contributed by atoms with Crippen LogP contribution in [0.1, 0.15) is 10.4 Å². The average Bonchev–Trinajstić information content (AvgIpc) is 2.27. The Bertz CT molecular complexity index is 551. The predicted octanol–water partition coefficient (Wildman–Crippen LogP) is 0.192. The third-order valence-corrected chi connectivity index (χ3v) is 2.09. The standard InChI is InChI=1S/C11H8O3.BH3O3/c12-10-6-8-4-2-1-3-7(8)5-9(10)11(13)14;2-1(3)4/h1-6,12H,(H,13,14);2-4H. The Morgan fingerprint density at radius 3 is 1.89 bits per heavy atom. The van der Waals surface area contributed by atoms with Crippen LogP contribution in [0.4, 0.5) is 0 Å². The van der Waals surface area contributed by atoms with E-state index in [2.05, 4.69) is 0 Å². The lowest BCUT2D eigenvalue weighted by Gasteiger charge is -2.02. The molecular formula is C11H11BO6. The Morgan fingerprint density at radius 2 is 1.44 bits per heavy atom. The largest absolute Gasteiger partial charge is 0.631 e. The summed E-state index contributed by atoms with van der Waals surface area (Å²) >= 11 is 0. The van der Waals surface area contributed by atoms with Crippen molar-refractivity contribution in [2.24, 2.45) is 0 Å². The number of carboxylic acid groups (broad SMARTS) is 1. The van der Waals surface area contributed by atoms with Gasteiger partial charge < -0.3 is 25.3 Å². The summed E-state index contributed by atoms with van der Waals surface area (Å²) in [5.41, 5.74) is -0.0660. The summed E-state index contributed by atoms with van der Waals surface area (Å²) in [7, 11) is -2.17. The lowest BCUT2D eigenvalue weighted by molar-refractivity contribution is 0.0694. The highest BCUT2D eigenvalue weighted by Gasteiger charge is 2.09. The van der Waals surface area contributed by atoms with Crippen LogP contribution in [0.5, 0.6) is 5.75 Å². The van der Waals surface area contributed by atoms with Gasteiger partial charge in [-0.1, -0.05) is 24.3 Å². The van der Waals surface area contributed by atoms with E-state index in [0.717, 1.165) is 10.8 Å². The molecule has 7 heteroatoms. The van der Waals surface area contributed by atoms with Gasteiger partial charge in [-0.3, -0.25) is 0 Å². The number of phenols is 1. The van der Waals surface area contributed by atoms with Crippen LogP contribution >= 0.6 is 0 Å². The van der Waals surface area contributed by atoms with Gasteiger partial charge in [0.15, 0.2) is 0 Å². The molecule has 18 heavy (non-hydrogen) atoms. The zero-order valence-corrected chi connectivity index (χ0v) is 9.19. The molecule has 2 aromatic rings. The summed E-state index contributed by atoms with van der Waals surface area (Å²) < 4.78 is 0. The maximum absolute atomic E-state index is 10.7. The first-order valence-corrected chi connectivity index (χ1v) is 4.91. The molecule has 2 rings (SSSR count). The van der Waals surface area contributed by atoms with Crippen LogP contribution in [0, 0.1) is 0 Å². The summed E-state index contributed by atoms with van der Waals surface area (Å²) in [6.45, 7) is 0. The van der Waals surface area contributed by atoms with Crippen LogP contribution in [0.15, 0.2) is 36.4 Å². The molecular weight excluding hydrogens is 239 g/mol. The first-order valence-electron chi connectivity index (χ1n) is 4.91. The molecule has 0 bridgehead atoms. The van der Waals surface area contributed by atoms with Gasteiger partial charge in [0.1, 0.15) is 11.3 Å². The highest BCUT2D eigenvalue weighted by atomic mass is 16.5. The van der Waals surface area contributed by atoms with Crippen LogP contribution in [0.25, 0.3) is 10.8 Å². The lowest BCUT2D eigenvalue weighted by atomic mass is 10.1.